The highest BCUT2D eigenvalue weighted by atomic mass is 35.5. The fourth-order valence-electron chi connectivity index (χ4n) is 4.13. The van der Waals surface area contributed by atoms with Crippen molar-refractivity contribution in [1.82, 2.24) is 4.90 Å². The minimum atomic E-state index is -0.185. The summed E-state index contributed by atoms with van der Waals surface area (Å²) in [4.78, 5) is 2.55. The fourth-order valence-corrected chi connectivity index (χ4v) is 4.13. The first kappa shape index (κ1) is 23.0. The van der Waals surface area contributed by atoms with Crippen molar-refractivity contribution in [3.8, 4) is 0 Å². The van der Waals surface area contributed by atoms with Gasteiger partial charge in [0.2, 0.25) is 0 Å². The van der Waals surface area contributed by atoms with Crippen molar-refractivity contribution in [2.45, 2.75) is 19.3 Å². The fraction of sp³-hybridized carbons (Fsp3) is 0.214. The van der Waals surface area contributed by atoms with Crippen molar-refractivity contribution in [3.05, 3.63) is 119 Å². The molecule has 0 spiro atoms. The average molecular weight is 434 g/mol. The zero-order chi connectivity index (χ0) is 20.6. The summed E-state index contributed by atoms with van der Waals surface area (Å²) < 4.78 is 13.0. The minimum Gasteiger partial charge on any atom is -0.302 e. The van der Waals surface area contributed by atoms with E-state index in [1.165, 1.54) is 28.8 Å². The number of piperidine rings is 1. The van der Waals surface area contributed by atoms with Crippen LogP contribution in [0.25, 0.3) is 11.6 Å². The van der Waals surface area contributed by atoms with Gasteiger partial charge in [-0.15, -0.1) is 12.4 Å². The SMILES string of the molecule is Cl.Fc1ccc(/C=C/CCN2CCC(=C(c3ccccc3)c3ccccc3)CC2)cc1. The van der Waals surface area contributed by atoms with Crippen LogP contribution in [0.15, 0.2) is 96.6 Å². The van der Waals surface area contributed by atoms with Crippen LogP contribution in [-0.4, -0.2) is 24.5 Å². The van der Waals surface area contributed by atoms with Crippen molar-refractivity contribution in [1.29, 1.82) is 0 Å². The quantitative estimate of drug-likeness (QED) is 0.395. The van der Waals surface area contributed by atoms with Crippen LogP contribution in [-0.2, 0) is 0 Å². The van der Waals surface area contributed by atoms with E-state index in [1.807, 2.05) is 12.1 Å². The van der Waals surface area contributed by atoms with E-state index < -0.39 is 0 Å². The van der Waals surface area contributed by atoms with Gasteiger partial charge >= 0.3 is 0 Å². The molecule has 0 saturated carbocycles. The maximum atomic E-state index is 13.0. The Hall–Kier alpha value is -2.68. The Bertz CT molecular complexity index is 943. The van der Waals surface area contributed by atoms with Crippen molar-refractivity contribution in [2.75, 3.05) is 19.6 Å². The summed E-state index contributed by atoms with van der Waals surface area (Å²) in [5, 5.41) is 0. The van der Waals surface area contributed by atoms with Gasteiger partial charge in [0.25, 0.3) is 0 Å². The zero-order valence-electron chi connectivity index (χ0n) is 17.7. The molecule has 0 atom stereocenters. The second kappa shape index (κ2) is 11.6. The van der Waals surface area contributed by atoms with Gasteiger partial charge in [0.1, 0.15) is 5.82 Å². The molecule has 3 aromatic rings. The second-order valence-electron chi connectivity index (χ2n) is 7.79. The highest BCUT2D eigenvalue weighted by Gasteiger charge is 2.18. The Morgan fingerprint density at radius 1 is 0.774 bits per heavy atom. The Morgan fingerprint density at radius 2 is 1.32 bits per heavy atom. The molecular weight excluding hydrogens is 405 g/mol. The van der Waals surface area contributed by atoms with E-state index in [4.69, 9.17) is 0 Å². The van der Waals surface area contributed by atoms with E-state index >= 15 is 0 Å². The van der Waals surface area contributed by atoms with Crippen LogP contribution in [0.2, 0.25) is 0 Å². The van der Waals surface area contributed by atoms with Gasteiger partial charge < -0.3 is 4.90 Å². The first-order valence-electron chi connectivity index (χ1n) is 10.8. The molecule has 0 unspecified atom stereocenters. The molecule has 0 amide bonds. The Morgan fingerprint density at radius 3 is 1.87 bits per heavy atom. The minimum absolute atomic E-state index is 0. The third-order valence-corrected chi connectivity index (χ3v) is 5.73. The molecule has 1 aliphatic rings. The van der Waals surface area contributed by atoms with Gasteiger partial charge in [0, 0.05) is 19.6 Å². The average Bonchev–Trinajstić information content (AvgIpc) is 2.80. The summed E-state index contributed by atoms with van der Waals surface area (Å²) in [6, 6.07) is 28.2. The van der Waals surface area contributed by atoms with Crippen LogP contribution in [0.3, 0.4) is 0 Å². The van der Waals surface area contributed by atoms with E-state index in [9.17, 15) is 4.39 Å². The molecule has 31 heavy (non-hydrogen) atoms. The van der Waals surface area contributed by atoms with Crippen molar-refractivity contribution < 1.29 is 4.39 Å². The lowest BCUT2D eigenvalue weighted by atomic mass is 9.88. The van der Waals surface area contributed by atoms with Gasteiger partial charge in [-0.2, -0.15) is 0 Å². The number of benzene rings is 3. The largest absolute Gasteiger partial charge is 0.302 e. The van der Waals surface area contributed by atoms with Gasteiger partial charge in [-0.1, -0.05) is 90.5 Å². The lowest BCUT2D eigenvalue weighted by molar-refractivity contribution is 0.262. The van der Waals surface area contributed by atoms with Gasteiger partial charge in [-0.25, -0.2) is 4.39 Å². The molecule has 0 aromatic heterocycles. The Balaban J connectivity index is 0.00000272. The summed E-state index contributed by atoms with van der Waals surface area (Å²) >= 11 is 0. The highest BCUT2D eigenvalue weighted by Crippen LogP contribution is 2.32. The molecule has 3 aromatic carbocycles. The molecule has 1 fully saturated rings. The number of halogens is 2. The van der Waals surface area contributed by atoms with Crippen molar-refractivity contribution in [2.24, 2.45) is 0 Å². The van der Waals surface area contributed by atoms with E-state index in [0.29, 0.717) is 0 Å². The molecule has 0 aliphatic carbocycles. The van der Waals surface area contributed by atoms with E-state index in [1.54, 1.807) is 5.57 Å². The molecule has 1 aliphatic heterocycles. The van der Waals surface area contributed by atoms with Crippen LogP contribution in [0.5, 0.6) is 0 Å². The zero-order valence-corrected chi connectivity index (χ0v) is 18.5. The number of hydrogen-bond donors (Lipinski definition) is 0. The van der Waals surface area contributed by atoms with E-state index in [2.05, 4.69) is 77.7 Å². The summed E-state index contributed by atoms with van der Waals surface area (Å²) in [5.74, 6) is -0.185. The molecular formula is C28H29ClFN. The van der Waals surface area contributed by atoms with Gasteiger partial charge in [-0.05, 0) is 53.7 Å². The molecule has 1 nitrogen and oxygen atoms in total. The van der Waals surface area contributed by atoms with Crippen LogP contribution in [0, 0.1) is 5.82 Å². The lowest BCUT2D eigenvalue weighted by Gasteiger charge is -2.30. The van der Waals surface area contributed by atoms with E-state index in [0.717, 1.165) is 44.5 Å². The van der Waals surface area contributed by atoms with E-state index in [-0.39, 0.29) is 18.2 Å². The third-order valence-electron chi connectivity index (χ3n) is 5.73. The number of rotatable bonds is 6. The molecule has 160 valence electrons. The molecule has 0 N–H and O–H groups in total. The normalized spacial score (nSPS) is 14.4. The maximum absolute atomic E-state index is 13.0. The number of likely N-dealkylation sites (tertiary alicyclic amines) is 1. The number of nitrogens with zero attached hydrogens (tertiary/aromatic N) is 1. The first-order valence-corrected chi connectivity index (χ1v) is 10.8. The molecule has 1 saturated heterocycles. The van der Waals surface area contributed by atoms with Crippen LogP contribution in [0.1, 0.15) is 36.0 Å². The monoisotopic (exact) mass is 433 g/mol. The highest BCUT2D eigenvalue weighted by molar-refractivity contribution is 5.85. The van der Waals surface area contributed by atoms with Crippen LogP contribution in [0.4, 0.5) is 4.39 Å². The molecule has 3 heteroatoms. The first-order chi connectivity index (χ1) is 14.8. The summed E-state index contributed by atoms with van der Waals surface area (Å²) in [6.07, 6.45) is 7.51. The third kappa shape index (κ3) is 6.40. The Labute approximate surface area is 191 Å². The number of hydrogen-bond acceptors (Lipinski definition) is 1. The maximum Gasteiger partial charge on any atom is 0.123 e. The predicted octanol–water partition coefficient (Wildman–Crippen LogP) is 7.25. The van der Waals surface area contributed by atoms with Gasteiger partial charge in [0.05, 0.1) is 0 Å². The summed E-state index contributed by atoms with van der Waals surface area (Å²) in [7, 11) is 0. The second-order valence-corrected chi connectivity index (χ2v) is 7.79. The lowest BCUT2D eigenvalue weighted by Crippen LogP contribution is -2.31. The smallest absolute Gasteiger partial charge is 0.123 e. The van der Waals surface area contributed by atoms with Crippen LogP contribution >= 0.6 is 12.4 Å². The van der Waals surface area contributed by atoms with Crippen LogP contribution < -0.4 is 0 Å². The molecule has 0 bridgehead atoms. The van der Waals surface area contributed by atoms with Crippen molar-refractivity contribution in [3.63, 3.8) is 0 Å². The predicted molar refractivity (Wildman–Crippen MR) is 132 cm³/mol. The topological polar surface area (TPSA) is 3.24 Å². The molecule has 4 rings (SSSR count). The van der Waals surface area contributed by atoms with Gasteiger partial charge in [0.15, 0.2) is 0 Å². The molecule has 1 heterocycles. The molecule has 0 radical (unpaired) electrons. The summed E-state index contributed by atoms with van der Waals surface area (Å²) in [5.41, 5.74) is 6.65. The summed E-state index contributed by atoms with van der Waals surface area (Å²) in [6.45, 7) is 3.27. The Kier molecular flexibility index (Phi) is 8.63. The standard InChI is InChI=1S/C28H28FN.ClH/c29-27-16-14-23(15-17-27)9-7-8-20-30-21-18-26(19-22-30)28(24-10-3-1-4-11-24)25-12-5-2-6-13-25;/h1-7,9-17H,8,18-22H2;1H/b9-7+;. The van der Waals surface area contributed by atoms with Gasteiger partial charge in [-0.3, -0.25) is 0 Å². The van der Waals surface area contributed by atoms with Crippen molar-refractivity contribution >= 4 is 24.1 Å².